The summed E-state index contributed by atoms with van der Waals surface area (Å²) in [5.41, 5.74) is 4.99. The van der Waals surface area contributed by atoms with Gasteiger partial charge in [0.1, 0.15) is 0 Å². The van der Waals surface area contributed by atoms with Gasteiger partial charge in [-0.1, -0.05) is 25.1 Å². The quantitative estimate of drug-likeness (QED) is 0.455. The molecule has 7 nitrogen and oxygen atoms in total. The monoisotopic (exact) mass is 488 g/mol. The highest BCUT2D eigenvalue weighted by Crippen LogP contribution is 2.39. The minimum absolute atomic E-state index is 0.0576. The molecule has 0 saturated carbocycles. The number of benzene rings is 2. The first-order valence-corrected chi connectivity index (χ1v) is 12.3. The van der Waals surface area contributed by atoms with Gasteiger partial charge >= 0.3 is 5.97 Å². The van der Waals surface area contributed by atoms with Gasteiger partial charge in [-0.2, -0.15) is 0 Å². The lowest BCUT2D eigenvalue weighted by atomic mass is 9.83. The molecule has 2 aliphatic heterocycles. The van der Waals surface area contributed by atoms with Gasteiger partial charge in [0.25, 0.3) is 5.56 Å². The molecule has 2 bridgehead atoms. The summed E-state index contributed by atoms with van der Waals surface area (Å²) in [7, 11) is 0. The molecule has 2 aromatic carbocycles. The Hall–Kier alpha value is -3.65. The Morgan fingerprint density at radius 1 is 1.06 bits per heavy atom. The van der Waals surface area contributed by atoms with Gasteiger partial charge in [-0.15, -0.1) is 0 Å². The zero-order valence-electron chi connectivity index (χ0n) is 19.5. The van der Waals surface area contributed by atoms with Crippen LogP contribution in [0.5, 0.6) is 0 Å². The molecule has 1 fully saturated rings. The van der Waals surface area contributed by atoms with Crippen LogP contribution in [0.15, 0.2) is 65.5 Å². The number of thiocarbonyl (C=S) groups is 1. The summed E-state index contributed by atoms with van der Waals surface area (Å²) in [5.74, 6) is -0.404. The van der Waals surface area contributed by atoms with Crippen molar-refractivity contribution in [3.8, 4) is 0 Å². The van der Waals surface area contributed by atoms with E-state index >= 15 is 0 Å². The molecule has 0 unspecified atom stereocenters. The van der Waals surface area contributed by atoms with E-state index in [9.17, 15) is 14.7 Å². The van der Waals surface area contributed by atoms with Crippen molar-refractivity contribution in [2.75, 3.05) is 28.6 Å². The molecule has 1 aromatic heterocycles. The number of carboxylic acid groups (broad SMARTS) is 1. The molecular weight excluding hydrogens is 460 g/mol. The van der Waals surface area contributed by atoms with Crippen molar-refractivity contribution in [1.29, 1.82) is 0 Å². The topological polar surface area (TPSA) is 86.6 Å². The zero-order chi connectivity index (χ0) is 24.5. The highest BCUT2D eigenvalue weighted by atomic mass is 32.1. The standard InChI is InChI=1S/C27H28N4O3S/c1-2-17-6-9-21(10-7-17)28-27(35)29-22-13-19(26(33)34)8-11-24(22)30-14-18-12-20(16-30)23-4-3-5-25(32)31(23)15-18/h3-11,13,18,20H,2,12,14-16H2,1H3,(H,33,34)(H2,28,29,35)/t18-,20+/m1/s1. The number of hydrogen-bond donors (Lipinski definition) is 3. The third-order valence-electron chi connectivity index (χ3n) is 6.93. The molecule has 2 atom stereocenters. The fourth-order valence-corrected chi connectivity index (χ4v) is 5.47. The van der Waals surface area contributed by atoms with Crippen LogP contribution in [0.25, 0.3) is 0 Å². The van der Waals surface area contributed by atoms with E-state index in [2.05, 4.69) is 34.6 Å². The van der Waals surface area contributed by atoms with E-state index < -0.39 is 5.97 Å². The van der Waals surface area contributed by atoms with Crippen LogP contribution in [0.1, 0.15) is 40.9 Å². The number of aromatic nitrogens is 1. The minimum Gasteiger partial charge on any atom is -0.478 e. The normalized spacial score (nSPS) is 18.5. The number of pyridine rings is 1. The van der Waals surface area contributed by atoms with Crippen LogP contribution >= 0.6 is 12.2 Å². The van der Waals surface area contributed by atoms with Crippen molar-refractivity contribution in [2.24, 2.45) is 5.92 Å². The lowest BCUT2D eigenvalue weighted by Crippen LogP contribution is -2.47. The number of piperidine rings is 1. The predicted molar refractivity (Wildman–Crippen MR) is 143 cm³/mol. The summed E-state index contributed by atoms with van der Waals surface area (Å²) >= 11 is 5.57. The second-order valence-electron chi connectivity index (χ2n) is 9.27. The van der Waals surface area contributed by atoms with E-state index in [1.54, 1.807) is 18.2 Å². The predicted octanol–water partition coefficient (Wildman–Crippen LogP) is 4.54. The minimum atomic E-state index is -0.988. The third kappa shape index (κ3) is 4.79. The number of carboxylic acids is 1. The number of aromatic carboxylic acids is 1. The smallest absolute Gasteiger partial charge is 0.335 e. The van der Waals surface area contributed by atoms with E-state index in [4.69, 9.17) is 12.2 Å². The third-order valence-corrected chi connectivity index (χ3v) is 7.14. The molecule has 2 aliphatic rings. The first kappa shape index (κ1) is 23.1. The fourth-order valence-electron chi connectivity index (χ4n) is 5.25. The van der Waals surface area contributed by atoms with E-state index in [-0.39, 0.29) is 17.0 Å². The molecule has 3 N–H and O–H groups in total. The Morgan fingerprint density at radius 2 is 1.86 bits per heavy atom. The van der Waals surface area contributed by atoms with Crippen LogP contribution in [0.3, 0.4) is 0 Å². The fraction of sp³-hybridized carbons (Fsp3) is 0.296. The SMILES string of the molecule is CCc1ccc(NC(=S)Nc2cc(C(=O)O)ccc2N2C[C@H]3C[C@@H](C2)c2cccc(=O)n2C3)cc1. The number of hydrogen-bond acceptors (Lipinski definition) is 4. The van der Waals surface area contributed by atoms with Crippen molar-refractivity contribution < 1.29 is 9.90 Å². The van der Waals surface area contributed by atoms with E-state index in [0.717, 1.165) is 43.0 Å². The molecule has 35 heavy (non-hydrogen) atoms. The first-order chi connectivity index (χ1) is 16.9. The van der Waals surface area contributed by atoms with E-state index in [1.807, 2.05) is 34.9 Å². The molecule has 5 rings (SSSR count). The Balaban J connectivity index is 1.41. The van der Waals surface area contributed by atoms with Crippen molar-refractivity contribution in [2.45, 2.75) is 32.2 Å². The largest absolute Gasteiger partial charge is 0.478 e. The van der Waals surface area contributed by atoms with Gasteiger partial charge < -0.3 is 25.2 Å². The van der Waals surface area contributed by atoms with Crippen LogP contribution in [-0.4, -0.2) is 33.8 Å². The summed E-state index contributed by atoms with van der Waals surface area (Å²) < 4.78 is 1.91. The van der Waals surface area contributed by atoms with Crippen molar-refractivity contribution >= 4 is 40.4 Å². The molecule has 3 heterocycles. The van der Waals surface area contributed by atoms with Gasteiger partial charge in [0.05, 0.1) is 16.9 Å². The molecular formula is C27H28N4O3S. The number of nitrogens with one attached hydrogen (secondary N) is 2. The van der Waals surface area contributed by atoms with Gasteiger partial charge in [0, 0.05) is 43.0 Å². The maximum absolute atomic E-state index is 12.4. The molecule has 3 aromatic rings. The highest BCUT2D eigenvalue weighted by molar-refractivity contribution is 7.80. The van der Waals surface area contributed by atoms with Crippen LogP contribution < -0.4 is 21.1 Å². The molecule has 8 heteroatoms. The molecule has 0 radical (unpaired) electrons. The first-order valence-electron chi connectivity index (χ1n) is 11.9. The molecule has 0 amide bonds. The maximum Gasteiger partial charge on any atom is 0.335 e. The van der Waals surface area contributed by atoms with Crippen LogP contribution in [0, 0.1) is 5.92 Å². The van der Waals surface area contributed by atoms with Crippen LogP contribution in [0.4, 0.5) is 17.1 Å². The molecule has 0 spiro atoms. The number of carbonyl (C=O) groups is 1. The van der Waals surface area contributed by atoms with Crippen LogP contribution in [0.2, 0.25) is 0 Å². The number of anilines is 3. The summed E-state index contributed by atoms with van der Waals surface area (Å²) in [4.78, 5) is 26.3. The van der Waals surface area contributed by atoms with Gasteiger partial charge in [0.15, 0.2) is 5.11 Å². The molecule has 180 valence electrons. The van der Waals surface area contributed by atoms with Crippen LogP contribution in [-0.2, 0) is 13.0 Å². The number of aryl methyl sites for hydroxylation is 1. The highest BCUT2D eigenvalue weighted by Gasteiger charge is 2.35. The lowest BCUT2D eigenvalue weighted by molar-refractivity contribution is 0.0697. The van der Waals surface area contributed by atoms with E-state index in [1.165, 1.54) is 5.56 Å². The van der Waals surface area contributed by atoms with Crippen molar-refractivity contribution in [3.63, 3.8) is 0 Å². The second-order valence-corrected chi connectivity index (χ2v) is 9.68. The second kappa shape index (κ2) is 9.54. The lowest BCUT2D eigenvalue weighted by Gasteiger charge is -2.44. The molecule has 0 aliphatic carbocycles. The number of nitrogens with zero attached hydrogens (tertiary/aromatic N) is 2. The summed E-state index contributed by atoms with van der Waals surface area (Å²) in [6, 6.07) is 18.7. The molecule has 1 saturated heterocycles. The van der Waals surface area contributed by atoms with Gasteiger partial charge in [-0.25, -0.2) is 4.79 Å². The summed E-state index contributed by atoms with van der Waals surface area (Å²) in [6.45, 7) is 4.35. The Morgan fingerprint density at radius 3 is 2.60 bits per heavy atom. The Kier molecular flexibility index (Phi) is 6.30. The Labute approximate surface area is 209 Å². The van der Waals surface area contributed by atoms with Gasteiger partial charge in [0.2, 0.25) is 0 Å². The average molecular weight is 489 g/mol. The Bertz CT molecular complexity index is 1330. The van der Waals surface area contributed by atoms with Gasteiger partial charge in [-0.3, -0.25) is 4.79 Å². The number of fused-ring (bicyclic) bond motifs is 4. The van der Waals surface area contributed by atoms with Gasteiger partial charge in [-0.05, 0) is 72.9 Å². The zero-order valence-corrected chi connectivity index (χ0v) is 20.3. The van der Waals surface area contributed by atoms with Crippen molar-refractivity contribution in [3.05, 3.63) is 87.8 Å². The van der Waals surface area contributed by atoms with Crippen molar-refractivity contribution in [1.82, 2.24) is 4.57 Å². The van der Waals surface area contributed by atoms with E-state index in [0.29, 0.717) is 23.3 Å². The summed E-state index contributed by atoms with van der Waals surface area (Å²) in [5, 5.41) is 16.4. The summed E-state index contributed by atoms with van der Waals surface area (Å²) in [6.07, 6.45) is 2.01. The maximum atomic E-state index is 12.4. The number of rotatable bonds is 5. The average Bonchev–Trinajstić information content (AvgIpc) is 2.85.